The lowest BCUT2D eigenvalue weighted by atomic mass is 10.1. The van der Waals surface area contributed by atoms with Gasteiger partial charge in [-0.25, -0.2) is 0 Å². The van der Waals surface area contributed by atoms with Crippen molar-refractivity contribution in [2.75, 3.05) is 11.9 Å². The summed E-state index contributed by atoms with van der Waals surface area (Å²) in [7, 11) is 0. The first-order valence-electron chi connectivity index (χ1n) is 8.92. The number of hydrogen-bond acceptors (Lipinski definition) is 4. The molecule has 0 aliphatic heterocycles. The fourth-order valence-corrected chi connectivity index (χ4v) is 2.70. The molecule has 8 heteroatoms. The van der Waals surface area contributed by atoms with Crippen molar-refractivity contribution in [3.05, 3.63) is 88.1 Å². The summed E-state index contributed by atoms with van der Waals surface area (Å²) < 4.78 is 1.43. The molecular weight excluding hydrogens is 392 g/mol. The highest BCUT2D eigenvalue weighted by atomic mass is 35.5. The van der Waals surface area contributed by atoms with Crippen LogP contribution < -0.4 is 16.2 Å². The Labute approximate surface area is 172 Å². The fourth-order valence-electron chi connectivity index (χ4n) is 2.57. The summed E-state index contributed by atoms with van der Waals surface area (Å²) in [5, 5.41) is 6.11. The highest BCUT2D eigenvalue weighted by Crippen LogP contribution is 2.14. The van der Waals surface area contributed by atoms with Gasteiger partial charge in [-0.3, -0.25) is 23.9 Å². The molecule has 1 atom stereocenters. The van der Waals surface area contributed by atoms with Crippen LogP contribution in [-0.2, 0) is 4.79 Å². The highest BCUT2D eigenvalue weighted by molar-refractivity contribution is 6.30. The van der Waals surface area contributed by atoms with Gasteiger partial charge in [0, 0.05) is 40.9 Å². The van der Waals surface area contributed by atoms with Gasteiger partial charge in [-0.1, -0.05) is 18.5 Å². The van der Waals surface area contributed by atoms with Crippen molar-refractivity contribution in [2.24, 2.45) is 5.92 Å². The van der Waals surface area contributed by atoms with Crippen molar-refractivity contribution in [2.45, 2.75) is 6.92 Å². The lowest BCUT2D eigenvalue weighted by Crippen LogP contribution is -2.34. The molecule has 1 unspecified atom stereocenters. The van der Waals surface area contributed by atoms with Crippen molar-refractivity contribution in [1.82, 2.24) is 14.9 Å². The number of nitrogens with zero attached hydrogens (tertiary/aromatic N) is 2. The maximum Gasteiger partial charge on any atom is 0.273 e. The van der Waals surface area contributed by atoms with E-state index >= 15 is 0 Å². The highest BCUT2D eigenvalue weighted by Gasteiger charge is 2.15. The molecule has 0 radical (unpaired) electrons. The van der Waals surface area contributed by atoms with Crippen LogP contribution in [0.1, 0.15) is 17.3 Å². The number of rotatable bonds is 6. The number of halogens is 1. The van der Waals surface area contributed by atoms with Crippen LogP contribution in [0.3, 0.4) is 0 Å². The lowest BCUT2D eigenvalue weighted by Gasteiger charge is -2.13. The average Bonchev–Trinajstić information content (AvgIpc) is 2.74. The first kappa shape index (κ1) is 20.3. The van der Waals surface area contributed by atoms with Crippen LogP contribution in [-0.4, -0.2) is 27.9 Å². The number of carbonyl (C=O) groups is 2. The van der Waals surface area contributed by atoms with E-state index in [1.54, 1.807) is 61.7 Å². The SMILES string of the molecule is CC(CNC(=O)c1ccc(-n2ccncc2=O)cc1)C(=O)Nc1ccc(Cl)cc1. The van der Waals surface area contributed by atoms with E-state index in [4.69, 9.17) is 11.6 Å². The van der Waals surface area contributed by atoms with E-state index in [0.717, 1.165) is 0 Å². The number of benzene rings is 2. The molecular formula is C21H19ClN4O3. The van der Waals surface area contributed by atoms with E-state index in [-0.39, 0.29) is 23.9 Å². The number of nitrogens with one attached hydrogen (secondary N) is 2. The summed E-state index contributed by atoms with van der Waals surface area (Å²) >= 11 is 5.83. The number of amides is 2. The summed E-state index contributed by atoms with van der Waals surface area (Å²) in [5.41, 5.74) is 1.44. The number of carbonyl (C=O) groups excluding carboxylic acids is 2. The molecule has 0 spiro atoms. The molecule has 29 heavy (non-hydrogen) atoms. The maximum atomic E-state index is 12.3. The van der Waals surface area contributed by atoms with E-state index in [1.165, 1.54) is 17.0 Å². The molecule has 148 valence electrons. The average molecular weight is 411 g/mol. The van der Waals surface area contributed by atoms with Crippen LogP contribution in [0.4, 0.5) is 5.69 Å². The van der Waals surface area contributed by atoms with Gasteiger partial charge in [0.05, 0.1) is 12.1 Å². The molecule has 0 aliphatic carbocycles. The second-order valence-electron chi connectivity index (χ2n) is 6.44. The van der Waals surface area contributed by atoms with E-state index in [1.807, 2.05) is 0 Å². The van der Waals surface area contributed by atoms with E-state index < -0.39 is 5.92 Å². The predicted octanol–water partition coefficient (Wildman–Crippen LogP) is 2.89. The zero-order valence-electron chi connectivity index (χ0n) is 15.6. The molecule has 2 aromatic carbocycles. The zero-order chi connectivity index (χ0) is 20.8. The summed E-state index contributed by atoms with van der Waals surface area (Å²) in [6, 6.07) is 13.4. The molecule has 3 rings (SSSR count). The Bertz CT molecular complexity index is 1060. The normalized spacial score (nSPS) is 11.5. The second kappa shape index (κ2) is 9.16. The Morgan fingerprint density at radius 2 is 1.79 bits per heavy atom. The van der Waals surface area contributed by atoms with Crippen molar-refractivity contribution in [1.29, 1.82) is 0 Å². The van der Waals surface area contributed by atoms with Crippen LogP contribution in [0, 0.1) is 5.92 Å². The van der Waals surface area contributed by atoms with Gasteiger partial charge < -0.3 is 10.6 Å². The minimum absolute atomic E-state index is 0.184. The molecule has 2 amide bonds. The third-order valence-corrected chi connectivity index (χ3v) is 4.51. The molecule has 1 heterocycles. The molecule has 0 saturated heterocycles. The molecule has 7 nitrogen and oxygen atoms in total. The second-order valence-corrected chi connectivity index (χ2v) is 6.88. The molecule has 1 aromatic heterocycles. The minimum Gasteiger partial charge on any atom is -0.351 e. The monoisotopic (exact) mass is 410 g/mol. The summed E-state index contributed by atoms with van der Waals surface area (Å²) in [5.74, 6) is -0.936. The smallest absolute Gasteiger partial charge is 0.273 e. The Kier molecular flexibility index (Phi) is 6.41. The summed E-state index contributed by atoms with van der Waals surface area (Å²) in [4.78, 5) is 40.2. The van der Waals surface area contributed by atoms with Crippen molar-refractivity contribution >= 4 is 29.1 Å². The predicted molar refractivity (Wildman–Crippen MR) is 111 cm³/mol. The number of anilines is 1. The largest absolute Gasteiger partial charge is 0.351 e. The lowest BCUT2D eigenvalue weighted by molar-refractivity contribution is -0.119. The van der Waals surface area contributed by atoms with Crippen LogP contribution in [0.25, 0.3) is 5.69 Å². The van der Waals surface area contributed by atoms with Gasteiger partial charge in [0.2, 0.25) is 5.91 Å². The van der Waals surface area contributed by atoms with Gasteiger partial charge in [-0.15, -0.1) is 0 Å². The molecule has 0 saturated carbocycles. The standard InChI is InChI=1S/C21H19ClN4O3/c1-14(20(28)25-17-6-4-16(22)5-7-17)12-24-21(29)15-2-8-18(9-3-15)26-11-10-23-13-19(26)27/h2-11,13-14H,12H2,1H3,(H,24,29)(H,25,28). The van der Waals surface area contributed by atoms with Crippen molar-refractivity contribution in [3.63, 3.8) is 0 Å². The van der Waals surface area contributed by atoms with Crippen molar-refractivity contribution in [3.8, 4) is 5.69 Å². The van der Waals surface area contributed by atoms with Crippen LogP contribution in [0.2, 0.25) is 5.02 Å². The third kappa shape index (κ3) is 5.30. The van der Waals surface area contributed by atoms with Crippen LogP contribution in [0.5, 0.6) is 0 Å². The van der Waals surface area contributed by atoms with Gasteiger partial charge in [0.1, 0.15) is 0 Å². The Morgan fingerprint density at radius 1 is 1.10 bits per heavy atom. The van der Waals surface area contributed by atoms with Crippen LogP contribution >= 0.6 is 11.6 Å². The topological polar surface area (TPSA) is 93.1 Å². The molecule has 2 N–H and O–H groups in total. The maximum absolute atomic E-state index is 12.3. The Morgan fingerprint density at radius 3 is 2.45 bits per heavy atom. The summed E-state index contributed by atoms with van der Waals surface area (Å²) in [6.07, 6.45) is 4.29. The Balaban J connectivity index is 1.56. The van der Waals surface area contributed by atoms with E-state index in [9.17, 15) is 14.4 Å². The van der Waals surface area contributed by atoms with Gasteiger partial charge in [0.15, 0.2) is 0 Å². The van der Waals surface area contributed by atoms with E-state index in [2.05, 4.69) is 15.6 Å². The summed E-state index contributed by atoms with van der Waals surface area (Å²) in [6.45, 7) is 1.91. The Hall–Kier alpha value is -3.45. The molecule has 0 bridgehead atoms. The quantitative estimate of drug-likeness (QED) is 0.653. The van der Waals surface area contributed by atoms with Crippen LogP contribution in [0.15, 0.2) is 71.9 Å². The van der Waals surface area contributed by atoms with Gasteiger partial charge >= 0.3 is 0 Å². The molecule has 3 aromatic rings. The first-order chi connectivity index (χ1) is 13.9. The number of aromatic nitrogens is 2. The number of hydrogen-bond donors (Lipinski definition) is 2. The fraction of sp³-hybridized carbons (Fsp3) is 0.143. The van der Waals surface area contributed by atoms with Gasteiger partial charge in [-0.2, -0.15) is 0 Å². The van der Waals surface area contributed by atoms with Crippen molar-refractivity contribution < 1.29 is 9.59 Å². The van der Waals surface area contributed by atoms with E-state index in [0.29, 0.717) is 22.0 Å². The van der Waals surface area contributed by atoms with Gasteiger partial charge in [0.25, 0.3) is 11.5 Å². The zero-order valence-corrected chi connectivity index (χ0v) is 16.4. The minimum atomic E-state index is -0.427. The van der Waals surface area contributed by atoms with Gasteiger partial charge in [-0.05, 0) is 48.5 Å². The first-order valence-corrected chi connectivity index (χ1v) is 9.29. The molecule has 0 fully saturated rings. The third-order valence-electron chi connectivity index (χ3n) is 4.26. The molecule has 0 aliphatic rings.